The van der Waals surface area contributed by atoms with Gasteiger partial charge >= 0.3 is 57.6 Å². The maximum atomic E-state index is 9.93. The van der Waals surface area contributed by atoms with E-state index >= 15 is 0 Å². The van der Waals surface area contributed by atoms with Gasteiger partial charge in [0.2, 0.25) is 0 Å². The van der Waals surface area contributed by atoms with Gasteiger partial charge in [0.05, 0.1) is 0 Å². The first-order valence-electron chi connectivity index (χ1n) is 6.87. The van der Waals surface area contributed by atoms with Crippen LogP contribution in [0.4, 0.5) is 16.9 Å². The van der Waals surface area contributed by atoms with Gasteiger partial charge in [0.1, 0.15) is 0 Å². The van der Waals surface area contributed by atoms with Gasteiger partial charge in [0.15, 0.2) is 7.14 Å². The molecule has 0 aliphatic heterocycles. The van der Waals surface area contributed by atoms with Gasteiger partial charge in [-0.25, -0.2) is 0 Å². The van der Waals surface area contributed by atoms with Crippen molar-refractivity contribution in [3.05, 3.63) is 65.8 Å². The summed E-state index contributed by atoms with van der Waals surface area (Å²) in [6, 6.07) is 13.6. The molecule has 0 aromatic heterocycles. The van der Waals surface area contributed by atoms with E-state index in [9.17, 15) is 16.9 Å². The monoisotopic (exact) mass is 572 g/mol. The van der Waals surface area contributed by atoms with E-state index in [-0.39, 0.29) is 21.2 Å². The summed E-state index contributed by atoms with van der Waals surface area (Å²) in [5.74, 6) is 0. The molecule has 0 amide bonds. The van der Waals surface area contributed by atoms with Gasteiger partial charge in [-0.1, -0.05) is 35.4 Å². The summed E-state index contributed by atoms with van der Waals surface area (Å²) in [6.45, 7) is 8.77. The van der Waals surface area contributed by atoms with Gasteiger partial charge in [-0.05, 0) is 39.8 Å². The van der Waals surface area contributed by atoms with Crippen LogP contribution in [0.15, 0.2) is 36.4 Å². The molecular formula is C16H18F6ISb. The predicted molar refractivity (Wildman–Crippen MR) is 81.6 cm³/mol. The van der Waals surface area contributed by atoms with E-state index in [1.54, 1.807) is 7.14 Å². The van der Waals surface area contributed by atoms with Crippen molar-refractivity contribution in [3.8, 4) is 0 Å². The number of halogens is 7. The Kier molecular flexibility index (Phi) is 6.04. The van der Waals surface area contributed by atoms with Crippen LogP contribution in [-0.2, 0) is 0 Å². The second-order valence-electron chi connectivity index (χ2n) is 5.56. The number of hydrogen-bond donors (Lipinski definition) is 0. The normalized spacial score (nSPS) is 14.2. The number of benzene rings is 2. The van der Waals surface area contributed by atoms with Gasteiger partial charge in [0, 0.05) is 11.1 Å². The van der Waals surface area contributed by atoms with Crippen molar-refractivity contribution in [2.24, 2.45) is 0 Å². The average molecular weight is 573 g/mol. The summed E-state index contributed by atoms with van der Waals surface area (Å²) >= 11 is -11.3. The van der Waals surface area contributed by atoms with E-state index in [1.165, 1.54) is 22.3 Å². The zero-order valence-electron chi connectivity index (χ0n) is 13.6. The van der Waals surface area contributed by atoms with Gasteiger partial charge in [-0.15, -0.1) is 0 Å². The third-order valence-corrected chi connectivity index (χ3v) is 6.41. The van der Waals surface area contributed by atoms with E-state index in [0.29, 0.717) is 0 Å². The molecule has 0 saturated carbocycles. The fraction of sp³-hybridized carbons (Fsp3) is 0.250. The molecule has 24 heavy (non-hydrogen) atoms. The van der Waals surface area contributed by atoms with Gasteiger partial charge < -0.3 is 0 Å². The van der Waals surface area contributed by atoms with Crippen LogP contribution in [0.2, 0.25) is 0 Å². The van der Waals surface area contributed by atoms with Crippen molar-refractivity contribution in [2.75, 3.05) is 0 Å². The molecule has 0 unspecified atom stereocenters. The Bertz CT molecular complexity index is 677. The van der Waals surface area contributed by atoms with Crippen LogP contribution in [0.1, 0.15) is 22.3 Å². The molecule has 0 heterocycles. The molecule has 0 N–H and O–H groups in total. The summed E-state index contributed by atoms with van der Waals surface area (Å²) in [5.41, 5.74) is 5.60. The van der Waals surface area contributed by atoms with E-state index in [1.807, 2.05) is 0 Å². The molecule has 0 bridgehead atoms. The molecule has 2 aromatic rings. The third-order valence-electron chi connectivity index (χ3n) is 2.83. The van der Waals surface area contributed by atoms with E-state index in [0.717, 1.165) is 0 Å². The van der Waals surface area contributed by atoms with Gasteiger partial charge in [-0.2, -0.15) is 0 Å². The second-order valence-corrected chi connectivity index (χ2v) is 13.9. The molecule has 0 nitrogen and oxygen atoms in total. The van der Waals surface area contributed by atoms with Gasteiger partial charge in [-0.3, -0.25) is 0 Å². The summed E-state index contributed by atoms with van der Waals surface area (Å²) < 4.78 is 62.6. The standard InChI is InChI=1S/C16H18I.6FH.Sb/c1-11-5-7-15(13(3)9-11)17-16-8-6-12(2)10-14(16)4;;;;;;;/h5-10H,1-4H3;6*1H;/q+1;;;;;;;+5/p-6. The first kappa shape index (κ1) is 21.6. The molecule has 136 valence electrons. The Morgan fingerprint density at radius 3 is 1.17 bits per heavy atom. The van der Waals surface area contributed by atoms with Crippen LogP contribution in [0.3, 0.4) is 0 Å². The van der Waals surface area contributed by atoms with Crippen LogP contribution in [-0.4, -0.2) is 19.5 Å². The molecule has 0 radical (unpaired) electrons. The summed E-state index contributed by atoms with van der Waals surface area (Å²) in [4.78, 5) is 0. The van der Waals surface area contributed by atoms with Crippen molar-refractivity contribution in [1.82, 2.24) is 0 Å². The number of aryl methyl sites for hydroxylation is 4. The molecule has 0 atom stereocenters. The fourth-order valence-corrected chi connectivity index (χ4v) is 4.42. The van der Waals surface area contributed by atoms with Crippen LogP contribution in [0, 0.1) is 34.8 Å². The molecule has 0 aliphatic carbocycles. The number of hydrogen-bond acceptors (Lipinski definition) is 0. The summed E-state index contributed by atoms with van der Waals surface area (Å²) in [7, 11) is 0. The van der Waals surface area contributed by atoms with Crippen molar-refractivity contribution in [3.63, 3.8) is 0 Å². The van der Waals surface area contributed by atoms with Crippen LogP contribution in [0.5, 0.6) is 0 Å². The molecule has 8 heteroatoms. The molecule has 0 aliphatic rings. The fourth-order valence-electron chi connectivity index (χ4n) is 1.91. The molecule has 0 spiro atoms. The van der Waals surface area contributed by atoms with Crippen LogP contribution in [0.25, 0.3) is 0 Å². The molecule has 0 fully saturated rings. The minimum absolute atomic E-state index is 0.0403. The zero-order valence-corrected chi connectivity index (χ0v) is 18.3. The van der Waals surface area contributed by atoms with Crippen molar-refractivity contribution in [2.45, 2.75) is 27.7 Å². The summed E-state index contributed by atoms with van der Waals surface area (Å²) in [6.07, 6.45) is 0. The van der Waals surface area contributed by atoms with Gasteiger partial charge in [0.25, 0.3) is 0 Å². The Hall–Kier alpha value is -0.432. The molecule has 0 saturated heterocycles. The Morgan fingerprint density at radius 2 is 0.917 bits per heavy atom. The quantitative estimate of drug-likeness (QED) is 0.295. The van der Waals surface area contributed by atoms with Crippen LogP contribution >= 0.6 is 0 Å². The van der Waals surface area contributed by atoms with E-state index in [2.05, 4.69) is 64.1 Å². The molecule has 2 aromatic carbocycles. The van der Waals surface area contributed by atoms with Crippen LogP contribution < -0.4 is 21.2 Å². The minimum atomic E-state index is -11.2. The Labute approximate surface area is 150 Å². The molecular weight excluding hydrogens is 555 g/mol. The van der Waals surface area contributed by atoms with Crippen molar-refractivity contribution < 1.29 is 38.1 Å². The first-order chi connectivity index (χ1) is 10.5. The SMILES string of the molecule is Cc1ccc([I+]c2ccc(C)cc2C)c(C)c1.[F][Sb-]([F])([F])([F])([F])[F]. The summed E-state index contributed by atoms with van der Waals surface area (Å²) in [5, 5.41) is 0. The zero-order chi connectivity index (χ0) is 18.8. The maximum absolute atomic E-state index is 11.2. The number of rotatable bonds is 2. The Balaban J connectivity index is 0.000000351. The van der Waals surface area contributed by atoms with Crippen molar-refractivity contribution in [1.29, 1.82) is 0 Å². The third kappa shape index (κ3) is 10.4. The average Bonchev–Trinajstić information content (AvgIpc) is 2.31. The second kappa shape index (κ2) is 6.71. The van der Waals surface area contributed by atoms with E-state index in [4.69, 9.17) is 0 Å². The predicted octanol–water partition coefficient (Wildman–Crippen LogP) is 3.19. The molecule has 2 rings (SSSR count). The first-order valence-corrected chi connectivity index (χ1v) is 14.8. The van der Waals surface area contributed by atoms with E-state index < -0.39 is 19.5 Å². The Morgan fingerprint density at radius 1 is 0.625 bits per heavy atom. The topological polar surface area (TPSA) is 0 Å². The van der Waals surface area contributed by atoms with Crippen molar-refractivity contribution >= 4 is 19.5 Å².